The number of nitrogens with zero attached hydrogens (tertiary/aromatic N) is 3. The largest absolute Gasteiger partial charge is 1.00 e. The van der Waals surface area contributed by atoms with E-state index in [1.165, 1.54) is 0 Å². The number of nitrogen functional groups attached to an aromatic ring is 1. The Hall–Kier alpha value is 0.140. The minimum Gasteiger partial charge on any atom is -1.00 e. The number of imidazole rings is 1. The van der Waals surface area contributed by atoms with Crippen molar-refractivity contribution in [1.29, 1.82) is 0 Å². The van der Waals surface area contributed by atoms with Crippen molar-refractivity contribution in [1.82, 2.24) is 19.5 Å². The molecule has 0 saturated carbocycles. The normalized spacial score (nSPS) is 25.7. The molecular formula is C10H16N5Na2O8P. The SMILES string of the molecule is Nc1nc2c(ncn2[C@@H]2O[C@H](OCP(=O)(O)O)[C@@H](O)[C@H]2O)c(=O)[nH]1.[H-].[H-].[Na+].[Na+]. The van der Waals surface area contributed by atoms with E-state index in [9.17, 15) is 19.6 Å². The van der Waals surface area contributed by atoms with Gasteiger partial charge in [0.25, 0.3) is 5.56 Å². The van der Waals surface area contributed by atoms with Crippen LogP contribution in [0.5, 0.6) is 0 Å². The number of aliphatic hydroxyl groups excluding tert-OH is 2. The Labute approximate surface area is 192 Å². The summed E-state index contributed by atoms with van der Waals surface area (Å²) in [6.45, 7) is 0. The van der Waals surface area contributed by atoms with Crippen molar-refractivity contribution in [2.75, 3.05) is 12.1 Å². The Balaban J connectivity index is 0. The molecule has 0 amide bonds. The summed E-state index contributed by atoms with van der Waals surface area (Å²) in [7, 11) is -4.48. The second kappa shape index (κ2) is 9.09. The summed E-state index contributed by atoms with van der Waals surface area (Å²) < 4.78 is 22.1. The standard InChI is InChI=1S/C10H14N5O8P.2Na.2H/c11-10-13-6-3(7(18)14-10)12-1-15(6)8-4(16)5(17)9(23-8)22-2-24(19,20)21;;;;/h1,4-5,8-9,16-17H,2H2,(H2,19,20,21)(H3,11,13,14,18);;;;/q;2*+1;2*-1/t4-,5+,8-,9+;;;;/m1..../s1. The van der Waals surface area contributed by atoms with Crippen LogP contribution in [0.1, 0.15) is 9.08 Å². The Morgan fingerprint density at radius 1 is 1.38 bits per heavy atom. The van der Waals surface area contributed by atoms with E-state index in [2.05, 4.69) is 15.0 Å². The molecule has 0 aliphatic carbocycles. The summed E-state index contributed by atoms with van der Waals surface area (Å²) in [5.41, 5.74) is 4.81. The van der Waals surface area contributed by atoms with Gasteiger partial charge in [0.2, 0.25) is 5.95 Å². The predicted molar refractivity (Wildman–Crippen MR) is 78.7 cm³/mol. The van der Waals surface area contributed by atoms with Gasteiger partial charge in [-0.1, -0.05) is 0 Å². The molecule has 0 spiro atoms. The molecule has 1 aliphatic rings. The van der Waals surface area contributed by atoms with Gasteiger partial charge in [-0.3, -0.25) is 18.9 Å². The van der Waals surface area contributed by atoms with Crippen LogP contribution in [0.4, 0.5) is 5.95 Å². The molecule has 1 fully saturated rings. The average molecular weight is 411 g/mol. The van der Waals surface area contributed by atoms with E-state index in [4.69, 9.17) is 25.0 Å². The Morgan fingerprint density at radius 3 is 2.65 bits per heavy atom. The molecular weight excluding hydrogens is 395 g/mol. The first kappa shape index (κ1) is 24.2. The minimum absolute atomic E-state index is 0. The van der Waals surface area contributed by atoms with Crippen molar-refractivity contribution in [3.63, 3.8) is 0 Å². The van der Waals surface area contributed by atoms with Gasteiger partial charge < -0.3 is 38.1 Å². The number of rotatable bonds is 4. The topological polar surface area (TPSA) is 206 Å². The number of anilines is 1. The molecule has 1 saturated heterocycles. The fraction of sp³-hybridized carbons (Fsp3) is 0.500. The van der Waals surface area contributed by atoms with Gasteiger partial charge in [0.1, 0.15) is 12.2 Å². The van der Waals surface area contributed by atoms with E-state index in [1.54, 1.807) is 0 Å². The molecule has 1 aliphatic heterocycles. The van der Waals surface area contributed by atoms with E-state index in [-0.39, 0.29) is 79.1 Å². The van der Waals surface area contributed by atoms with Crippen LogP contribution in [0.2, 0.25) is 0 Å². The van der Waals surface area contributed by atoms with Crippen LogP contribution in [0.15, 0.2) is 11.1 Å². The molecule has 7 N–H and O–H groups in total. The van der Waals surface area contributed by atoms with E-state index in [0.717, 1.165) is 10.9 Å². The third kappa shape index (κ3) is 4.94. The number of aromatic nitrogens is 4. The summed E-state index contributed by atoms with van der Waals surface area (Å²) in [5.74, 6) is -0.184. The van der Waals surface area contributed by atoms with Crippen LogP contribution >= 0.6 is 7.60 Å². The summed E-state index contributed by atoms with van der Waals surface area (Å²) in [6.07, 6.45) is -5.69. The molecule has 3 heterocycles. The van der Waals surface area contributed by atoms with Gasteiger partial charge in [-0.2, -0.15) is 4.98 Å². The fourth-order valence-electron chi connectivity index (χ4n) is 2.30. The van der Waals surface area contributed by atoms with Crippen molar-refractivity contribution in [2.45, 2.75) is 24.7 Å². The molecule has 26 heavy (non-hydrogen) atoms. The zero-order valence-corrected chi connectivity index (χ0v) is 18.8. The molecule has 0 bridgehead atoms. The summed E-state index contributed by atoms with van der Waals surface area (Å²) in [6, 6.07) is 0. The van der Waals surface area contributed by atoms with E-state index >= 15 is 0 Å². The second-order valence-corrected chi connectivity index (χ2v) is 6.70. The van der Waals surface area contributed by atoms with E-state index < -0.39 is 44.2 Å². The molecule has 136 valence electrons. The number of fused-ring (bicyclic) bond motifs is 1. The minimum atomic E-state index is -4.48. The van der Waals surface area contributed by atoms with Gasteiger partial charge in [-0.25, -0.2) is 4.98 Å². The number of aliphatic hydroxyl groups is 2. The summed E-state index contributed by atoms with van der Waals surface area (Å²) >= 11 is 0. The third-order valence-electron chi connectivity index (χ3n) is 3.33. The van der Waals surface area contributed by atoms with Crippen molar-refractivity contribution >= 4 is 24.7 Å². The Kier molecular flexibility index (Phi) is 8.46. The summed E-state index contributed by atoms with van der Waals surface area (Å²) in [5, 5.41) is 20.0. The van der Waals surface area contributed by atoms with Crippen molar-refractivity contribution in [3.8, 4) is 0 Å². The number of H-pyrrole nitrogens is 1. The van der Waals surface area contributed by atoms with Gasteiger partial charge in [-0.15, -0.1) is 0 Å². The zero-order valence-electron chi connectivity index (χ0n) is 15.9. The molecule has 0 unspecified atom stereocenters. The third-order valence-corrected chi connectivity index (χ3v) is 3.81. The van der Waals surface area contributed by atoms with Gasteiger partial charge in [-0.05, 0) is 0 Å². The first-order valence-corrected chi connectivity index (χ1v) is 8.37. The fourth-order valence-corrected chi connectivity index (χ4v) is 2.64. The second-order valence-electron chi connectivity index (χ2n) is 5.11. The van der Waals surface area contributed by atoms with Crippen LogP contribution in [-0.2, 0) is 14.0 Å². The summed E-state index contributed by atoms with van der Waals surface area (Å²) in [4.78, 5) is 39.3. The molecule has 3 rings (SSSR count). The van der Waals surface area contributed by atoms with Gasteiger partial charge in [0, 0.05) is 0 Å². The quantitative estimate of drug-likeness (QED) is 0.206. The molecule has 13 nitrogen and oxygen atoms in total. The van der Waals surface area contributed by atoms with Crippen LogP contribution in [0, 0.1) is 0 Å². The monoisotopic (exact) mass is 411 g/mol. The molecule has 0 aromatic carbocycles. The van der Waals surface area contributed by atoms with E-state index in [0.29, 0.717) is 0 Å². The maximum atomic E-state index is 11.7. The van der Waals surface area contributed by atoms with Crippen molar-refractivity contribution in [3.05, 3.63) is 16.7 Å². The first-order valence-electron chi connectivity index (χ1n) is 6.57. The van der Waals surface area contributed by atoms with Gasteiger partial charge >= 0.3 is 66.7 Å². The number of nitrogens with two attached hydrogens (primary N) is 1. The number of hydrogen-bond donors (Lipinski definition) is 6. The number of hydrogen-bond acceptors (Lipinski definition) is 9. The smallest absolute Gasteiger partial charge is 1.00 e. The number of aromatic amines is 1. The van der Waals surface area contributed by atoms with Crippen LogP contribution in [0.25, 0.3) is 11.2 Å². The van der Waals surface area contributed by atoms with E-state index in [1.807, 2.05) is 0 Å². The van der Waals surface area contributed by atoms with Gasteiger partial charge in [0.15, 0.2) is 30.0 Å². The van der Waals surface area contributed by atoms with Crippen molar-refractivity contribution in [2.24, 2.45) is 0 Å². The van der Waals surface area contributed by atoms with Gasteiger partial charge in [0.05, 0.1) is 6.33 Å². The number of ether oxygens (including phenoxy) is 2. The molecule has 2 aromatic rings. The molecule has 0 radical (unpaired) electrons. The van der Waals surface area contributed by atoms with Crippen LogP contribution < -0.4 is 70.4 Å². The molecule has 2 aromatic heterocycles. The molecule has 16 heteroatoms. The zero-order chi connectivity index (χ0) is 17.6. The van der Waals surface area contributed by atoms with Crippen LogP contribution in [-0.4, -0.2) is 64.4 Å². The average Bonchev–Trinajstić information content (AvgIpc) is 3.00. The van der Waals surface area contributed by atoms with Crippen LogP contribution in [0.3, 0.4) is 0 Å². The first-order chi connectivity index (χ1) is 11.2. The Bertz CT molecular complexity index is 881. The molecule has 4 atom stereocenters. The predicted octanol–water partition coefficient (Wildman–Crippen LogP) is -8.34. The maximum Gasteiger partial charge on any atom is 1.00 e. The van der Waals surface area contributed by atoms with Crippen molar-refractivity contribution < 1.29 is 96.0 Å². The Morgan fingerprint density at radius 2 is 2.04 bits per heavy atom. The number of nitrogens with one attached hydrogen (secondary N) is 1. The maximum absolute atomic E-state index is 11.7.